The van der Waals surface area contributed by atoms with Crippen molar-refractivity contribution in [3.05, 3.63) is 34.9 Å². The summed E-state index contributed by atoms with van der Waals surface area (Å²) in [6, 6.07) is 5.30. The third-order valence-corrected chi connectivity index (χ3v) is 3.17. The van der Waals surface area contributed by atoms with Crippen LogP contribution in [0.4, 0.5) is 0 Å². The number of rotatable bonds is 4. The lowest BCUT2D eigenvalue weighted by Gasteiger charge is -2.18. The number of amides is 2. The van der Waals surface area contributed by atoms with Gasteiger partial charge in [-0.25, -0.2) is 0 Å². The van der Waals surface area contributed by atoms with Gasteiger partial charge in [-0.05, 0) is 24.6 Å². The molecule has 112 valence electrons. The molecule has 1 rings (SSSR count). The zero-order chi connectivity index (χ0) is 15.8. The maximum absolute atomic E-state index is 12.4. The van der Waals surface area contributed by atoms with Gasteiger partial charge in [-0.15, -0.1) is 0 Å². The number of nitrogens with one attached hydrogen (secondary N) is 1. The van der Waals surface area contributed by atoms with Crippen molar-refractivity contribution in [2.24, 2.45) is 0 Å². The highest BCUT2D eigenvalue weighted by molar-refractivity contribution is 5.96. The monoisotopic (exact) mass is 288 g/mol. The third kappa shape index (κ3) is 4.62. The Balaban J connectivity index is 2.89. The van der Waals surface area contributed by atoms with Crippen molar-refractivity contribution in [2.75, 3.05) is 27.2 Å². The summed E-state index contributed by atoms with van der Waals surface area (Å²) in [5.41, 5.74) is 2.05. The molecule has 1 aromatic rings. The van der Waals surface area contributed by atoms with Gasteiger partial charge in [0.2, 0.25) is 5.91 Å². The van der Waals surface area contributed by atoms with Crippen LogP contribution in [0.3, 0.4) is 0 Å². The molecule has 0 spiro atoms. The summed E-state index contributed by atoms with van der Waals surface area (Å²) in [5, 5.41) is 11.3. The molecule has 0 saturated carbocycles. The summed E-state index contributed by atoms with van der Waals surface area (Å²) in [6.07, 6.45) is 0.266. The van der Waals surface area contributed by atoms with Gasteiger partial charge in [0.25, 0.3) is 5.91 Å². The van der Waals surface area contributed by atoms with E-state index in [2.05, 4.69) is 17.2 Å². The van der Waals surface area contributed by atoms with Crippen LogP contribution in [0, 0.1) is 18.8 Å². The Morgan fingerprint density at radius 3 is 2.71 bits per heavy atom. The average Bonchev–Trinajstić information content (AvgIpc) is 2.50. The first-order valence-electron chi connectivity index (χ1n) is 6.66. The van der Waals surface area contributed by atoms with E-state index in [0.29, 0.717) is 12.1 Å². The Hall–Kier alpha value is -2.32. The molecule has 0 fully saturated rings. The summed E-state index contributed by atoms with van der Waals surface area (Å²) in [6.45, 7) is 1.95. The second-order valence-electron chi connectivity index (χ2n) is 4.59. The minimum Gasteiger partial charge on any atom is -0.384 e. The van der Waals surface area contributed by atoms with E-state index >= 15 is 0 Å². The molecular weight excluding hydrogens is 268 g/mol. The summed E-state index contributed by atoms with van der Waals surface area (Å²) in [5.74, 6) is 5.15. The fourth-order valence-corrected chi connectivity index (χ4v) is 1.84. The van der Waals surface area contributed by atoms with E-state index in [1.54, 1.807) is 32.3 Å². The number of carbonyl (C=O) groups is 2. The smallest absolute Gasteiger partial charge is 0.253 e. The number of aliphatic hydroxyl groups excluding tert-OH is 1. The molecule has 21 heavy (non-hydrogen) atoms. The largest absolute Gasteiger partial charge is 0.384 e. The van der Waals surface area contributed by atoms with Gasteiger partial charge in [0, 0.05) is 38.2 Å². The molecule has 0 unspecified atom stereocenters. The van der Waals surface area contributed by atoms with E-state index in [1.165, 1.54) is 4.90 Å². The van der Waals surface area contributed by atoms with E-state index in [-0.39, 0.29) is 24.8 Å². The molecule has 5 heteroatoms. The molecule has 2 N–H and O–H groups in total. The molecule has 0 aliphatic rings. The Labute approximate surface area is 125 Å². The predicted octanol–water partition coefficient (Wildman–Crippen LogP) is 0.547. The van der Waals surface area contributed by atoms with Crippen LogP contribution in [-0.2, 0) is 4.79 Å². The molecule has 5 nitrogen and oxygen atoms in total. The third-order valence-electron chi connectivity index (χ3n) is 3.17. The molecule has 0 heterocycles. The highest BCUT2D eigenvalue weighted by Crippen LogP contribution is 2.15. The highest BCUT2D eigenvalue weighted by atomic mass is 16.2. The van der Waals surface area contributed by atoms with Gasteiger partial charge in [0.1, 0.15) is 6.61 Å². The molecule has 0 aliphatic carbocycles. The SMILES string of the molecule is CNC(=O)CCN(C)C(=O)c1cccc(C#CCO)c1C. The van der Waals surface area contributed by atoms with Crippen molar-refractivity contribution in [3.63, 3.8) is 0 Å². The van der Waals surface area contributed by atoms with Crippen molar-refractivity contribution in [1.82, 2.24) is 10.2 Å². The summed E-state index contributed by atoms with van der Waals surface area (Å²) < 4.78 is 0. The van der Waals surface area contributed by atoms with E-state index in [1.807, 2.05) is 6.92 Å². The van der Waals surface area contributed by atoms with E-state index < -0.39 is 0 Å². The number of hydrogen-bond donors (Lipinski definition) is 2. The standard InChI is InChI=1S/C16H20N2O3/c1-12-13(7-5-11-19)6-4-8-14(12)16(21)18(3)10-9-15(20)17-2/h4,6,8,19H,9-11H2,1-3H3,(H,17,20). The average molecular weight is 288 g/mol. The molecule has 0 saturated heterocycles. The first kappa shape index (κ1) is 16.7. The van der Waals surface area contributed by atoms with Crippen LogP contribution < -0.4 is 5.32 Å². The highest BCUT2D eigenvalue weighted by Gasteiger charge is 2.16. The van der Waals surface area contributed by atoms with Gasteiger partial charge in [-0.3, -0.25) is 9.59 Å². The molecule has 0 aromatic heterocycles. The van der Waals surface area contributed by atoms with E-state index in [9.17, 15) is 9.59 Å². The summed E-state index contributed by atoms with van der Waals surface area (Å²) in [7, 11) is 3.23. The molecule has 1 aromatic carbocycles. The fourth-order valence-electron chi connectivity index (χ4n) is 1.84. The number of carbonyl (C=O) groups excluding carboxylic acids is 2. The first-order chi connectivity index (χ1) is 10.0. The fraction of sp³-hybridized carbons (Fsp3) is 0.375. The lowest BCUT2D eigenvalue weighted by molar-refractivity contribution is -0.120. The topological polar surface area (TPSA) is 69.6 Å². The minimum atomic E-state index is -0.219. The molecule has 0 aliphatic heterocycles. The molecule has 0 bridgehead atoms. The number of nitrogens with zero attached hydrogens (tertiary/aromatic N) is 1. The van der Waals surface area contributed by atoms with Crippen LogP contribution in [0.2, 0.25) is 0 Å². The second-order valence-corrected chi connectivity index (χ2v) is 4.59. The zero-order valence-electron chi connectivity index (χ0n) is 12.6. The van der Waals surface area contributed by atoms with Crippen LogP contribution in [0.15, 0.2) is 18.2 Å². The molecule has 0 radical (unpaired) electrons. The Bertz CT molecular complexity index is 585. The van der Waals surface area contributed by atoms with Gasteiger partial charge in [-0.2, -0.15) is 0 Å². The van der Waals surface area contributed by atoms with Gasteiger partial charge >= 0.3 is 0 Å². The number of benzene rings is 1. The minimum absolute atomic E-state index is 0.103. The van der Waals surface area contributed by atoms with Crippen molar-refractivity contribution < 1.29 is 14.7 Å². The van der Waals surface area contributed by atoms with Crippen LogP contribution in [-0.4, -0.2) is 49.1 Å². The Kier molecular flexibility index (Phi) is 6.44. The summed E-state index contributed by atoms with van der Waals surface area (Å²) >= 11 is 0. The molecule has 2 amide bonds. The quantitative estimate of drug-likeness (QED) is 0.795. The molecule has 0 atom stereocenters. The van der Waals surface area contributed by atoms with Crippen LogP contribution >= 0.6 is 0 Å². The maximum atomic E-state index is 12.4. The van der Waals surface area contributed by atoms with Crippen LogP contribution in [0.5, 0.6) is 0 Å². The summed E-state index contributed by atoms with van der Waals surface area (Å²) in [4.78, 5) is 25.1. The van der Waals surface area contributed by atoms with Gasteiger partial charge < -0.3 is 15.3 Å². The Morgan fingerprint density at radius 2 is 2.10 bits per heavy atom. The Morgan fingerprint density at radius 1 is 1.38 bits per heavy atom. The van der Waals surface area contributed by atoms with Crippen molar-refractivity contribution >= 4 is 11.8 Å². The van der Waals surface area contributed by atoms with Gasteiger partial charge in [0.15, 0.2) is 0 Å². The zero-order valence-corrected chi connectivity index (χ0v) is 12.6. The molecular formula is C16H20N2O3. The first-order valence-corrected chi connectivity index (χ1v) is 6.66. The second kappa shape index (κ2) is 8.08. The van der Waals surface area contributed by atoms with Crippen LogP contribution in [0.25, 0.3) is 0 Å². The lowest BCUT2D eigenvalue weighted by atomic mass is 10.0. The van der Waals surface area contributed by atoms with E-state index in [0.717, 1.165) is 11.1 Å². The number of hydrogen-bond acceptors (Lipinski definition) is 3. The van der Waals surface area contributed by atoms with Crippen molar-refractivity contribution in [2.45, 2.75) is 13.3 Å². The lowest BCUT2D eigenvalue weighted by Crippen LogP contribution is -2.31. The maximum Gasteiger partial charge on any atom is 0.253 e. The van der Waals surface area contributed by atoms with E-state index in [4.69, 9.17) is 5.11 Å². The van der Waals surface area contributed by atoms with Gasteiger partial charge in [-0.1, -0.05) is 17.9 Å². The normalized spacial score (nSPS) is 9.52. The number of aliphatic hydroxyl groups is 1. The van der Waals surface area contributed by atoms with Crippen molar-refractivity contribution in [3.8, 4) is 11.8 Å². The van der Waals surface area contributed by atoms with Crippen molar-refractivity contribution in [1.29, 1.82) is 0 Å². The van der Waals surface area contributed by atoms with Crippen LogP contribution in [0.1, 0.15) is 27.9 Å². The van der Waals surface area contributed by atoms with Gasteiger partial charge in [0.05, 0.1) is 0 Å². The predicted molar refractivity (Wildman–Crippen MR) is 80.8 cm³/mol.